The van der Waals surface area contributed by atoms with Crippen molar-refractivity contribution in [3.63, 3.8) is 0 Å². The summed E-state index contributed by atoms with van der Waals surface area (Å²) in [5.74, 6) is -0.611. The number of phosphoric ester groups is 1. The standard InChI is InChI=1S/C67H117N2O7P/c1-7-10-13-16-19-22-25-28-30-32-33-34-35-36-37-38-40-42-45-48-51-54-57-60-67(71)76-65(58-55-52-49-46-43-27-24-21-18-15-12-9-3)64(63-75-77(72,73)74-62-61-69(4,5)6)68-66(70)59-56-53-50-47-44-41-39-31-29-26-23-20-17-14-11-8-2/h11,14,19-20,22-23,28-31,33-34,41,44,50,53,55,58,64-65H,7-10,12-13,15-18,21,24-27,32,35-40,42-43,45-49,51-52,54,56-57,59-63H2,1-6H3,(H-,68,70,72,73)/p+1/b14-11+,22-19-,23-20+,30-28-,31-29+,34-33-,44-41+,53-50+,58-55-. The van der Waals surface area contributed by atoms with Gasteiger partial charge in [0.15, 0.2) is 0 Å². The third kappa shape index (κ3) is 57.2. The monoisotopic (exact) mass is 1090 g/mol. The number of phosphoric acid groups is 1. The molecule has 10 heteroatoms. The first kappa shape index (κ1) is 73.7. The molecule has 0 aliphatic carbocycles. The molecule has 0 heterocycles. The summed E-state index contributed by atoms with van der Waals surface area (Å²) in [5, 5.41) is 3.00. The fourth-order valence-corrected chi connectivity index (χ4v) is 9.14. The van der Waals surface area contributed by atoms with Gasteiger partial charge in [0, 0.05) is 12.8 Å². The number of quaternary nitrogens is 1. The minimum Gasteiger partial charge on any atom is -0.456 e. The number of amides is 1. The Morgan fingerprint density at radius 1 is 0.468 bits per heavy atom. The van der Waals surface area contributed by atoms with Crippen molar-refractivity contribution in [2.24, 2.45) is 0 Å². The summed E-state index contributed by atoms with van der Waals surface area (Å²) in [6, 6.07) is -0.896. The van der Waals surface area contributed by atoms with Crippen LogP contribution in [0.4, 0.5) is 0 Å². The molecule has 0 aromatic rings. The lowest BCUT2D eigenvalue weighted by atomic mass is 10.0. The van der Waals surface area contributed by atoms with Gasteiger partial charge >= 0.3 is 13.8 Å². The highest BCUT2D eigenvalue weighted by molar-refractivity contribution is 7.47. The lowest BCUT2D eigenvalue weighted by molar-refractivity contribution is -0.870. The second-order valence-corrected chi connectivity index (χ2v) is 23.3. The van der Waals surface area contributed by atoms with Gasteiger partial charge in [0.2, 0.25) is 5.91 Å². The van der Waals surface area contributed by atoms with Crippen LogP contribution in [0.3, 0.4) is 0 Å². The molecule has 0 aromatic heterocycles. The van der Waals surface area contributed by atoms with Crippen molar-refractivity contribution in [2.75, 3.05) is 40.9 Å². The highest BCUT2D eigenvalue weighted by atomic mass is 31.2. The molecule has 77 heavy (non-hydrogen) atoms. The van der Waals surface area contributed by atoms with Crippen molar-refractivity contribution in [1.29, 1.82) is 0 Å². The first-order valence-corrected chi connectivity index (χ1v) is 32.7. The molecular formula is C67H118N2O7P+. The summed E-state index contributed by atoms with van der Waals surface area (Å²) in [6.07, 6.45) is 76.8. The fraction of sp³-hybridized carbons (Fsp3) is 0.701. The van der Waals surface area contributed by atoms with Crippen LogP contribution in [0, 0.1) is 0 Å². The van der Waals surface area contributed by atoms with E-state index in [1.54, 1.807) is 0 Å². The lowest BCUT2D eigenvalue weighted by Gasteiger charge is -2.27. The molecule has 0 bridgehead atoms. The number of esters is 1. The van der Waals surface area contributed by atoms with E-state index in [0.717, 1.165) is 96.3 Å². The van der Waals surface area contributed by atoms with E-state index in [9.17, 15) is 19.0 Å². The molecular weight excluding hydrogens is 976 g/mol. The van der Waals surface area contributed by atoms with Crippen LogP contribution < -0.4 is 5.32 Å². The van der Waals surface area contributed by atoms with E-state index in [1.165, 1.54) is 116 Å². The highest BCUT2D eigenvalue weighted by Gasteiger charge is 2.30. The van der Waals surface area contributed by atoms with Crippen molar-refractivity contribution in [2.45, 2.75) is 264 Å². The average Bonchev–Trinajstić information content (AvgIpc) is 3.39. The summed E-state index contributed by atoms with van der Waals surface area (Å²) in [4.78, 5) is 37.7. The van der Waals surface area contributed by atoms with E-state index in [4.69, 9.17) is 13.8 Å². The molecule has 0 spiro atoms. The van der Waals surface area contributed by atoms with Crippen LogP contribution in [0.15, 0.2) is 109 Å². The minimum atomic E-state index is -4.47. The maximum Gasteiger partial charge on any atom is 0.472 e. The third-order valence-corrected chi connectivity index (χ3v) is 14.2. The van der Waals surface area contributed by atoms with Crippen LogP contribution in [-0.2, 0) is 27.9 Å². The van der Waals surface area contributed by atoms with Crippen LogP contribution in [0.1, 0.15) is 252 Å². The van der Waals surface area contributed by atoms with E-state index < -0.39 is 20.0 Å². The Kier molecular flexibility index (Phi) is 53.5. The van der Waals surface area contributed by atoms with Gasteiger partial charge in [-0.15, -0.1) is 0 Å². The van der Waals surface area contributed by atoms with E-state index in [-0.39, 0.29) is 37.9 Å². The topological polar surface area (TPSA) is 111 Å². The Labute approximate surface area is 474 Å². The smallest absolute Gasteiger partial charge is 0.456 e. The van der Waals surface area contributed by atoms with Crippen molar-refractivity contribution in [3.8, 4) is 0 Å². The average molecular weight is 1090 g/mol. The summed E-state index contributed by atoms with van der Waals surface area (Å²) in [7, 11) is 1.44. The molecule has 0 saturated carbocycles. The van der Waals surface area contributed by atoms with Gasteiger partial charge in [-0.2, -0.15) is 0 Å². The Bertz CT molecular complexity index is 1690. The second-order valence-electron chi connectivity index (χ2n) is 21.8. The molecule has 1 amide bonds. The normalized spacial score (nSPS) is 14.4. The first-order valence-electron chi connectivity index (χ1n) is 31.2. The summed E-state index contributed by atoms with van der Waals surface area (Å²) in [6.45, 7) is 6.80. The largest absolute Gasteiger partial charge is 0.472 e. The van der Waals surface area contributed by atoms with Gasteiger partial charge in [-0.25, -0.2) is 4.57 Å². The summed E-state index contributed by atoms with van der Waals surface area (Å²) < 4.78 is 30.6. The molecule has 9 nitrogen and oxygen atoms in total. The number of rotatable bonds is 55. The van der Waals surface area contributed by atoms with E-state index in [2.05, 4.69) is 117 Å². The number of hydrogen-bond acceptors (Lipinski definition) is 6. The maximum absolute atomic E-state index is 13.5. The maximum atomic E-state index is 13.5. The molecule has 0 aliphatic rings. The number of carbonyl (C=O) groups is 2. The van der Waals surface area contributed by atoms with Crippen molar-refractivity contribution in [3.05, 3.63) is 109 Å². The molecule has 442 valence electrons. The van der Waals surface area contributed by atoms with Gasteiger partial charge in [0.1, 0.15) is 19.3 Å². The van der Waals surface area contributed by atoms with Crippen LogP contribution in [0.2, 0.25) is 0 Å². The number of ether oxygens (including phenoxy) is 1. The van der Waals surface area contributed by atoms with Crippen molar-refractivity contribution in [1.82, 2.24) is 5.32 Å². The zero-order valence-electron chi connectivity index (χ0n) is 50.4. The Balaban J connectivity index is 5.30. The zero-order chi connectivity index (χ0) is 56.4. The number of likely N-dealkylation sites (N-methyl/N-ethyl adjacent to an activating group) is 1. The van der Waals surface area contributed by atoms with Gasteiger partial charge in [0.25, 0.3) is 0 Å². The highest BCUT2D eigenvalue weighted by Crippen LogP contribution is 2.43. The van der Waals surface area contributed by atoms with Gasteiger partial charge in [0.05, 0.1) is 33.8 Å². The van der Waals surface area contributed by atoms with Crippen molar-refractivity contribution >= 4 is 19.7 Å². The van der Waals surface area contributed by atoms with Crippen molar-refractivity contribution < 1.29 is 37.3 Å². The lowest BCUT2D eigenvalue weighted by Crippen LogP contribution is -2.47. The molecule has 3 atom stereocenters. The van der Waals surface area contributed by atoms with E-state index in [0.29, 0.717) is 17.4 Å². The SMILES string of the molecule is CC/C=C/C/C=C/C/C=C/C/C=C/C/C=C/CCC(=O)NC(COP(=O)(O)OCC[N+](C)(C)C)C(/C=C\CCCCCCCCCCCC)OC(=O)CCCCCCCCCCCC/C=C\C/C=C\C/C=C\CCCCC. The van der Waals surface area contributed by atoms with Gasteiger partial charge in [-0.05, 0) is 102 Å². The number of allylic oxidation sites excluding steroid dienone is 17. The summed E-state index contributed by atoms with van der Waals surface area (Å²) in [5.41, 5.74) is 0. The van der Waals surface area contributed by atoms with Gasteiger partial charge < -0.3 is 19.4 Å². The quantitative estimate of drug-likeness (QED) is 0.0205. The number of nitrogens with zero attached hydrogens (tertiary/aromatic N) is 1. The fourth-order valence-electron chi connectivity index (χ4n) is 8.40. The number of carbonyl (C=O) groups excluding carboxylic acids is 2. The Hall–Kier alpha value is -3.33. The molecule has 0 fully saturated rings. The third-order valence-electron chi connectivity index (χ3n) is 13.2. The van der Waals surface area contributed by atoms with E-state index >= 15 is 0 Å². The molecule has 0 aromatic carbocycles. The number of nitrogens with one attached hydrogen (secondary N) is 1. The predicted octanol–water partition coefficient (Wildman–Crippen LogP) is 19.3. The Morgan fingerprint density at radius 2 is 0.844 bits per heavy atom. The number of unbranched alkanes of at least 4 members (excludes halogenated alkanes) is 23. The number of hydrogen-bond donors (Lipinski definition) is 2. The van der Waals surface area contributed by atoms with E-state index in [1.807, 2.05) is 39.4 Å². The van der Waals surface area contributed by atoms with Crippen LogP contribution in [0.5, 0.6) is 0 Å². The van der Waals surface area contributed by atoms with Gasteiger partial charge in [-0.3, -0.25) is 18.6 Å². The van der Waals surface area contributed by atoms with Crippen LogP contribution in [0.25, 0.3) is 0 Å². The summed E-state index contributed by atoms with van der Waals surface area (Å²) >= 11 is 0. The predicted molar refractivity (Wildman–Crippen MR) is 332 cm³/mol. The molecule has 0 aliphatic heterocycles. The van der Waals surface area contributed by atoms with Crippen LogP contribution in [-0.4, -0.2) is 74.3 Å². The van der Waals surface area contributed by atoms with Gasteiger partial charge in [-0.1, -0.05) is 246 Å². The second kappa shape index (κ2) is 56.0. The zero-order valence-corrected chi connectivity index (χ0v) is 51.3. The molecule has 3 unspecified atom stereocenters. The molecule has 0 rings (SSSR count). The molecule has 0 saturated heterocycles. The molecule has 0 radical (unpaired) electrons. The minimum absolute atomic E-state index is 0.0213. The Morgan fingerprint density at radius 3 is 1.30 bits per heavy atom. The molecule has 2 N–H and O–H groups in total. The first-order chi connectivity index (χ1) is 37.4. The van der Waals surface area contributed by atoms with Crippen LogP contribution >= 0.6 is 7.82 Å².